The van der Waals surface area contributed by atoms with Gasteiger partial charge in [0.15, 0.2) is 0 Å². The molecule has 0 spiro atoms. The Morgan fingerprint density at radius 2 is 0.373 bits per heavy atom. The topological polar surface area (TPSA) is 112 Å². The quantitative estimate of drug-likeness (QED) is 0.0531. The molecule has 0 aromatic carbocycles. The molecular weight excluding hydrogens is 723 g/mol. The Morgan fingerprint density at radius 3 is 0.508 bits per heavy atom. The number of carbonyl (C=O) groups is 2. The Bertz CT molecular complexity index is 685. The molecule has 356 valence electrons. The van der Waals surface area contributed by atoms with E-state index >= 15 is 0 Å². The molecule has 0 bridgehead atoms. The van der Waals surface area contributed by atoms with Gasteiger partial charge in [-0.15, -0.1) is 0 Å². The molecule has 0 rings (SSSR count). The second kappa shape index (κ2) is 61.2. The van der Waals surface area contributed by atoms with Crippen molar-refractivity contribution in [3.8, 4) is 0 Å². The molecular formula is C54H113N3O2. The lowest BCUT2D eigenvalue weighted by molar-refractivity contribution is -0.119. The Balaban J connectivity index is -0.000000798. The van der Waals surface area contributed by atoms with Crippen LogP contribution in [0.15, 0.2) is 0 Å². The lowest BCUT2D eigenvalue weighted by Gasteiger charge is -2.03. The lowest BCUT2D eigenvalue weighted by atomic mass is 10.0. The fraction of sp³-hybridized carbons (Fsp3) is 0.963. The first-order valence-corrected chi connectivity index (χ1v) is 27.2. The Hall–Kier alpha value is -1.10. The predicted octanol–water partition coefficient (Wildman–Crippen LogP) is 17.7. The Morgan fingerprint density at radius 1 is 0.237 bits per heavy atom. The normalized spacial score (nSPS) is 10.9. The van der Waals surface area contributed by atoms with E-state index in [1.165, 1.54) is 283 Å². The summed E-state index contributed by atoms with van der Waals surface area (Å²) in [6.45, 7) is 7.71. The monoisotopic (exact) mass is 836 g/mol. The number of hydrogen-bond acceptors (Lipinski definition) is 3. The zero-order valence-electron chi connectivity index (χ0n) is 41.2. The van der Waals surface area contributed by atoms with Crippen molar-refractivity contribution in [1.29, 1.82) is 0 Å². The van der Waals surface area contributed by atoms with Gasteiger partial charge in [0.1, 0.15) is 0 Å². The van der Waals surface area contributed by atoms with Crippen molar-refractivity contribution in [3.63, 3.8) is 0 Å². The highest BCUT2D eigenvalue weighted by atomic mass is 16.1. The third-order valence-corrected chi connectivity index (χ3v) is 12.1. The molecule has 0 saturated carbocycles. The average molecular weight is 837 g/mol. The van der Waals surface area contributed by atoms with Crippen LogP contribution in [0, 0.1) is 0 Å². The predicted molar refractivity (Wildman–Crippen MR) is 266 cm³/mol. The van der Waals surface area contributed by atoms with Crippen molar-refractivity contribution in [2.24, 2.45) is 17.2 Å². The molecule has 6 N–H and O–H groups in total. The summed E-state index contributed by atoms with van der Waals surface area (Å²) >= 11 is 0. The van der Waals surface area contributed by atoms with E-state index in [0.29, 0.717) is 12.8 Å². The smallest absolute Gasteiger partial charge is 0.217 e. The molecule has 0 aliphatic rings. The molecule has 59 heavy (non-hydrogen) atoms. The second-order valence-electron chi connectivity index (χ2n) is 18.4. The highest BCUT2D eigenvalue weighted by molar-refractivity contribution is 5.73. The number of primary amides is 2. The number of unbranched alkanes of at least 4 members (excludes halogenated alkanes) is 43. The molecule has 0 aromatic rings. The molecule has 0 heterocycles. The van der Waals surface area contributed by atoms with Gasteiger partial charge in [0, 0.05) is 12.8 Å². The summed E-state index contributed by atoms with van der Waals surface area (Å²) in [5.41, 5.74) is 15.7. The zero-order valence-corrected chi connectivity index (χ0v) is 41.2. The summed E-state index contributed by atoms with van der Waals surface area (Å²) in [6, 6.07) is 0. The molecule has 5 nitrogen and oxygen atoms in total. The average Bonchev–Trinajstić information content (AvgIpc) is 3.22. The van der Waals surface area contributed by atoms with Crippen molar-refractivity contribution in [2.45, 2.75) is 329 Å². The minimum absolute atomic E-state index is 0.153. The molecule has 0 aromatic heterocycles. The molecule has 0 radical (unpaired) electrons. The van der Waals surface area contributed by atoms with Crippen LogP contribution >= 0.6 is 0 Å². The molecule has 0 aliphatic carbocycles. The summed E-state index contributed by atoms with van der Waals surface area (Å²) in [7, 11) is 0. The zero-order chi connectivity index (χ0) is 43.8. The van der Waals surface area contributed by atoms with E-state index in [1.807, 2.05) is 0 Å². The fourth-order valence-electron chi connectivity index (χ4n) is 8.03. The van der Waals surface area contributed by atoms with Crippen LogP contribution in [0.25, 0.3) is 0 Å². The van der Waals surface area contributed by atoms with Gasteiger partial charge in [0.2, 0.25) is 11.8 Å². The third-order valence-electron chi connectivity index (χ3n) is 12.1. The summed E-state index contributed by atoms with van der Waals surface area (Å²) in [4.78, 5) is 21.1. The molecule has 0 aliphatic heterocycles. The van der Waals surface area contributed by atoms with Crippen molar-refractivity contribution in [1.82, 2.24) is 0 Å². The van der Waals surface area contributed by atoms with Gasteiger partial charge in [-0.2, -0.15) is 0 Å². The maximum atomic E-state index is 10.6. The maximum absolute atomic E-state index is 10.6. The van der Waals surface area contributed by atoms with E-state index in [2.05, 4.69) is 20.8 Å². The van der Waals surface area contributed by atoms with E-state index < -0.39 is 0 Å². The highest BCUT2D eigenvalue weighted by Crippen LogP contribution is 2.16. The number of amides is 2. The number of carbonyl (C=O) groups excluding carboxylic acids is 2. The van der Waals surface area contributed by atoms with Crippen LogP contribution in [0.1, 0.15) is 329 Å². The number of nitrogens with two attached hydrogens (primary N) is 3. The van der Waals surface area contributed by atoms with E-state index in [4.69, 9.17) is 17.2 Å². The van der Waals surface area contributed by atoms with Gasteiger partial charge < -0.3 is 17.2 Å². The molecule has 5 heteroatoms. The summed E-state index contributed by atoms with van der Waals surface area (Å²) in [5, 5.41) is 0. The number of rotatable bonds is 48. The fourth-order valence-corrected chi connectivity index (χ4v) is 8.03. The van der Waals surface area contributed by atoms with E-state index in [9.17, 15) is 9.59 Å². The van der Waals surface area contributed by atoms with Crippen molar-refractivity contribution in [2.75, 3.05) is 6.54 Å². The van der Waals surface area contributed by atoms with Crippen LogP contribution in [0.5, 0.6) is 0 Å². The summed E-state index contributed by atoms with van der Waals surface area (Å²) in [6.07, 6.45) is 64.6. The minimum Gasteiger partial charge on any atom is -0.370 e. The van der Waals surface area contributed by atoms with Gasteiger partial charge in [0.05, 0.1) is 0 Å². The van der Waals surface area contributed by atoms with Crippen molar-refractivity contribution in [3.05, 3.63) is 0 Å². The molecule has 0 unspecified atom stereocenters. The van der Waals surface area contributed by atoms with E-state index in [-0.39, 0.29) is 11.8 Å². The van der Waals surface area contributed by atoms with Gasteiger partial charge in [-0.25, -0.2) is 0 Å². The van der Waals surface area contributed by atoms with E-state index in [0.717, 1.165) is 19.4 Å². The van der Waals surface area contributed by atoms with Crippen LogP contribution < -0.4 is 17.2 Å². The van der Waals surface area contributed by atoms with Crippen LogP contribution in [0.2, 0.25) is 0 Å². The maximum Gasteiger partial charge on any atom is 0.217 e. The highest BCUT2D eigenvalue weighted by Gasteiger charge is 1.98. The lowest BCUT2D eigenvalue weighted by Crippen LogP contribution is -2.09. The van der Waals surface area contributed by atoms with Crippen molar-refractivity contribution >= 4 is 11.8 Å². The second-order valence-corrected chi connectivity index (χ2v) is 18.4. The Labute approximate surface area is 372 Å². The van der Waals surface area contributed by atoms with Crippen LogP contribution in [-0.2, 0) is 9.59 Å². The molecule has 0 fully saturated rings. The third kappa shape index (κ3) is 71.7. The first-order chi connectivity index (χ1) is 29.0. The SMILES string of the molecule is CCCCCCCCCCCCCCCCCC(N)=O.CCCCCCCCCCCCCCCCCC(N)=O.CCCCCCCCCCCCCCCCCCN. The van der Waals surface area contributed by atoms with Crippen LogP contribution in [0.4, 0.5) is 0 Å². The standard InChI is InChI=1S/2C18H37NO.C18H39N/c2*1-2-3-4-5-6-7-8-9-10-11-12-13-14-15-16-17-18(19)20;1-2-3-4-5-6-7-8-9-10-11-12-13-14-15-16-17-18-19/h2*2-17H2,1H3,(H2,19,20);2-19H2,1H3. The first-order valence-electron chi connectivity index (χ1n) is 27.2. The summed E-state index contributed by atoms with van der Waals surface area (Å²) in [5.74, 6) is -0.306. The van der Waals surface area contributed by atoms with Gasteiger partial charge in [0.25, 0.3) is 0 Å². The van der Waals surface area contributed by atoms with Crippen molar-refractivity contribution < 1.29 is 9.59 Å². The molecule has 0 atom stereocenters. The van der Waals surface area contributed by atoms with Gasteiger partial charge in [-0.05, 0) is 25.8 Å². The number of hydrogen-bond donors (Lipinski definition) is 3. The van der Waals surface area contributed by atoms with Crippen LogP contribution in [0.3, 0.4) is 0 Å². The Kier molecular flexibility index (Phi) is 64.5. The molecule has 2 amide bonds. The first kappa shape index (κ1) is 62.2. The summed E-state index contributed by atoms with van der Waals surface area (Å²) < 4.78 is 0. The molecule has 0 saturated heterocycles. The van der Waals surface area contributed by atoms with Gasteiger partial charge >= 0.3 is 0 Å². The largest absolute Gasteiger partial charge is 0.370 e. The van der Waals surface area contributed by atoms with Gasteiger partial charge in [-0.1, -0.05) is 297 Å². The minimum atomic E-state index is -0.153. The van der Waals surface area contributed by atoms with Gasteiger partial charge in [-0.3, -0.25) is 9.59 Å². The van der Waals surface area contributed by atoms with E-state index in [1.54, 1.807) is 0 Å². The van der Waals surface area contributed by atoms with Crippen LogP contribution in [-0.4, -0.2) is 18.4 Å².